The maximum absolute atomic E-state index is 2.47. The lowest BCUT2D eigenvalue weighted by Gasteiger charge is -2.31. The van der Waals surface area contributed by atoms with E-state index in [0.29, 0.717) is 11.8 Å². The number of nitrogens with zero attached hydrogens (tertiary/aromatic N) is 4. The summed E-state index contributed by atoms with van der Waals surface area (Å²) in [5.41, 5.74) is 5.02. The molecule has 34 heavy (non-hydrogen) atoms. The van der Waals surface area contributed by atoms with Crippen LogP contribution in [0.25, 0.3) is 0 Å². The second-order valence-electron chi connectivity index (χ2n) is 9.19. The van der Waals surface area contributed by atoms with Crippen LogP contribution in [0.15, 0.2) is 121 Å². The Balaban J connectivity index is 1.31. The van der Waals surface area contributed by atoms with Gasteiger partial charge >= 0.3 is 0 Å². The van der Waals surface area contributed by atoms with E-state index in [2.05, 4.69) is 141 Å². The lowest BCUT2D eigenvalue weighted by molar-refractivity contribution is 0.432. The summed E-state index contributed by atoms with van der Waals surface area (Å²) in [4.78, 5) is 0. The van der Waals surface area contributed by atoms with Crippen LogP contribution in [0.4, 0.5) is 22.7 Å². The zero-order chi connectivity index (χ0) is 22.7. The SMILES string of the molecule is c1ccc(N2CC(C3CN(c4ccccc4)N(c4ccccc4)C3)CN2c2ccccc2)cc1. The minimum atomic E-state index is 0.556. The molecule has 2 fully saturated rings. The quantitative estimate of drug-likeness (QED) is 0.367. The number of hydrazine groups is 2. The molecule has 4 nitrogen and oxygen atoms in total. The van der Waals surface area contributed by atoms with E-state index in [1.54, 1.807) is 0 Å². The van der Waals surface area contributed by atoms with Crippen LogP contribution < -0.4 is 20.0 Å². The molecule has 4 heteroatoms. The van der Waals surface area contributed by atoms with Crippen molar-refractivity contribution in [3.8, 4) is 0 Å². The van der Waals surface area contributed by atoms with Crippen LogP contribution in [-0.4, -0.2) is 26.2 Å². The summed E-state index contributed by atoms with van der Waals surface area (Å²) in [6, 6.07) is 43.2. The summed E-state index contributed by atoms with van der Waals surface area (Å²) in [5.74, 6) is 1.11. The molecule has 0 aliphatic carbocycles. The van der Waals surface area contributed by atoms with Gasteiger partial charge in [0.2, 0.25) is 0 Å². The van der Waals surface area contributed by atoms with Gasteiger partial charge in [0.05, 0.1) is 22.7 Å². The minimum absolute atomic E-state index is 0.556. The maximum Gasteiger partial charge on any atom is 0.0574 e. The Bertz CT molecular complexity index is 992. The molecule has 2 aliphatic rings. The smallest absolute Gasteiger partial charge is 0.0574 e. The second-order valence-corrected chi connectivity index (χ2v) is 9.19. The van der Waals surface area contributed by atoms with Gasteiger partial charge in [0.1, 0.15) is 0 Å². The first kappa shape index (κ1) is 20.7. The van der Waals surface area contributed by atoms with Crippen LogP contribution in [0.1, 0.15) is 0 Å². The first-order valence-corrected chi connectivity index (χ1v) is 12.2. The first-order valence-electron chi connectivity index (χ1n) is 12.2. The Kier molecular flexibility index (Phi) is 5.56. The standard InChI is InChI=1S/C30H30N4/c1-5-13-27(14-6-1)31-21-25(22-32(31)28-15-7-2-8-16-28)26-23-33(29-17-9-3-10-18-29)34(24-26)30-19-11-4-12-20-30/h1-20,25-26H,21-24H2. The summed E-state index contributed by atoms with van der Waals surface area (Å²) >= 11 is 0. The van der Waals surface area contributed by atoms with Crippen LogP contribution in [0, 0.1) is 11.8 Å². The number of hydrogen-bond acceptors (Lipinski definition) is 4. The molecular formula is C30H30N4. The van der Waals surface area contributed by atoms with Gasteiger partial charge in [-0.3, -0.25) is 20.0 Å². The molecule has 2 aliphatic heterocycles. The lowest BCUT2D eigenvalue weighted by Crippen LogP contribution is -2.36. The predicted molar refractivity (Wildman–Crippen MR) is 142 cm³/mol. The van der Waals surface area contributed by atoms with Gasteiger partial charge in [0.25, 0.3) is 0 Å². The van der Waals surface area contributed by atoms with Crippen molar-refractivity contribution < 1.29 is 0 Å². The van der Waals surface area contributed by atoms with Crippen molar-refractivity contribution in [2.75, 3.05) is 46.2 Å². The lowest BCUT2D eigenvalue weighted by atomic mass is 9.93. The van der Waals surface area contributed by atoms with Crippen LogP contribution in [0.2, 0.25) is 0 Å². The van der Waals surface area contributed by atoms with E-state index in [1.165, 1.54) is 22.7 Å². The van der Waals surface area contributed by atoms with Crippen molar-refractivity contribution >= 4 is 22.7 Å². The van der Waals surface area contributed by atoms with Gasteiger partial charge in [-0.25, -0.2) is 0 Å². The van der Waals surface area contributed by atoms with Crippen molar-refractivity contribution in [1.82, 2.24) is 0 Å². The van der Waals surface area contributed by atoms with E-state index in [9.17, 15) is 0 Å². The van der Waals surface area contributed by atoms with Gasteiger partial charge < -0.3 is 0 Å². The fourth-order valence-corrected chi connectivity index (χ4v) is 5.37. The average Bonchev–Trinajstić information content (AvgIpc) is 3.56. The molecule has 0 saturated carbocycles. The van der Waals surface area contributed by atoms with Gasteiger partial charge in [-0.05, 0) is 48.5 Å². The molecular weight excluding hydrogens is 416 g/mol. The summed E-state index contributed by atoms with van der Waals surface area (Å²) < 4.78 is 0. The van der Waals surface area contributed by atoms with Gasteiger partial charge in [-0.15, -0.1) is 0 Å². The Hall–Kier alpha value is -3.92. The predicted octanol–water partition coefficient (Wildman–Crippen LogP) is 6.10. The largest absolute Gasteiger partial charge is 0.285 e. The summed E-state index contributed by atoms with van der Waals surface area (Å²) in [7, 11) is 0. The monoisotopic (exact) mass is 446 g/mol. The molecule has 0 atom stereocenters. The third-order valence-corrected chi connectivity index (χ3v) is 7.10. The molecule has 0 radical (unpaired) electrons. The van der Waals surface area contributed by atoms with Gasteiger partial charge in [-0.2, -0.15) is 0 Å². The Labute approximate surface area is 202 Å². The molecule has 4 aromatic carbocycles. The van der Waals surface area contributed by atoms with Crippen molar-refractivity contribution in [2.45, 2.75) is 0 Å². The van der Waals surface area contributed by atoms with Crippen LogP contribution in [0.5, 0.6) is 0 Å². The zero-order valence-electron chi connectivity index (χ0n) is 19.3. The number of anilines is 4. The number of para-hydroxylation sites is 4. The Morgan fingerprint density at radius 1 is 0.324 bits per heavy atom. The first-order chi connectivity index (χ1) is 16.9. The van der Waals surface area contributed by atoms with Crippen molar-refractivity contribution in [3.05, 3.63) is 121 Å². The molecule has 2 saturated heterocycles. The Morgan fingerprint density at radius 2 is 0.529 bits per heavy atom. The zero-order valence-corrected chi connectivity index (χ0v) is 19.3. The highest BCUT2D eigenvalue weighted by Gasteiger charge is 2.41. The van der Waals surface area contributed by atoms with Crippen molar-refractivity contribution in [2.24, 2.45) is 11.8 Å². The third-order valence-electron chi connectivity index (χ3n) is 7.10. The molecule has 0 N–H and O–H groups in total. The summed E-state index contributed by atoms with van der Waals surface area (Å²) in [6.45, 7) is 4.09. The summed E-state index contributed by atoms with van der Waals surface area (Å²) in [6.07, 6.45) is 0. The van der Waals surface area contributed by atoms with E-state index in [4.69, 9.17) is 0 Å². The average molecular weight is 447 g/mol. The fraction of sp³-hybridized carbons (Fsp3) is 0.200. The van der Waals surface area contributed by atoms with Crippen molar-refractivity contribution in [3.63, 3.8) is 0 Å². The minimum Gasteiger partial charge on any atom is -0.285 e. The number of rotatable bonds is 5. The number of hydrogen-bond donors (Lipinski definition) is 0. The van der Waals surface area contributed by atoms with E-state index in [1.807, 2.05) is 0 Å². The topological polar surface area (TPSA) is 13.0 Å². The van der Waals surface area contributed by atoms with Crippen LogP contribution in [0.3, 0.4) is 0 Å². The molecule has 4 aromatic rings. The molecule has 2 heterocycles. The molecule has 0 bridgehead atoms. The third kappa shape index (κ3) is 3.96. The van der Waals surface area contributed by atoms with Gasteiger partial charge in [-0.1, -0.05) is 72.8 Å². The van der Waals surface area contributed by atoms with Crippen LogP contribution in [-0.2, 0) is 0 Å². The molecule has 0 aromatic heterocycles. The molecule has 0 amide bonds. The van der Waals surface area contributed by atoms with E-state index in [0.717, 1.165) is 26.2 Å². The summed E-state index contributed by atoms with van der Waals surface area (Å²) in [5, 5.41) is 9.88. The highest BCUT2D eigenvalue weighted by atomic mass is 15.7. The normalized spacial score (nSPS) is 17.1. The highest BCUT2D eigenvalue weighted by molar-refractivity contribution is 5.61. The highest BCUT2D eigenvalue weighted by Crippen LogP contribution is 2.38. The Morgan fingerprint density at radius 3 is 0.735 bits per heavy atom. The van der Waals surface area contributed by atoms with Crippen LogP contribution >= 0.6 is 0 Å². The van der Waals surface area contributed by atoms with E-state index < -0.39 is 0 Å². The maximum atomic E-state index is 2.47. The van der Waals surface area contributed by atoms with E-state index in [-0.39, 0.29) is 0 Å². The van der Waals surface area contributed by atoms with Gasteiger partial charge in [0.15, 0.2) is 0 Å². The molecule has 0 unspecified atom stereocenters. The molecule has 6 rings (SSSR count). The fourth-order valence-electron chi connectivity index (χ4n) is 5.37. The van der Waals surface area contributed by atoms with Crippen molar-refractivity contribution in [1.29, 1.82) is 0 Å². The van der Waals surface area contributed by atoms with E-state index >= 15 is 0 Å². The molecule has 0 spiro atoms. The molecule has 170 valence electrons. The second kappa shape index (κ2) is 9.14. The number of benzene rings is 4. The van der Waals surface area contributed by atoms with Gasteiger partial charge in [0, 0.05) is 38.0 Å².